The Bertz CT molecular complexity index is 1050. The van der Waals surface area contributed by atoms with Gasteiger partial charge in [-0.15, -0.1) is 0 Å². The number of rotatable bonds is 3. The van der Waals surface area contributed by atoms with Gasteiger partial charge in [0.15, 0.2) is 16.6 Å². The second-order valence-electron chi connectivity index (χ2n) is 6.29. The summed E-state index contributed by atoms with van der Waals surface area (Å²) in [4.78, 5) is 26.9. The van der Waals surface area contributed by atoms with E-state index >= 15 is 0 Å². The van der Waals surface area contributed by atoms with Gasteiger partial charge in [-0.1, -0.05) is 28.1 Å². The van der Waals surface area contributed by atoms with Gasteiger partial charge in [0.05, 0.1) is 12.8 Å². The van der Waals surface area contributed by atoms with Crippen LogP contribution in [-0.4, -0.2) is 29.1 Å². The monoisotopic (exact) mass is 460 g/mol. The molecule has 1 heterocycles. The fraction of sp³-hybridized carbons (Fsp3) is 0.150. The standard InChI is InChI=1S/C20H17BrN2O4S/c1-10-4-5-11(2)15(6-10)23-19(26)13(18(25)22-20(23)28)7-12-8-17(27-3)16(24)9-14(12)21/h4-9,24H,1-3H3,(H,22,25,28)/b13-7+. The summed E-state index contributed by atoms with van der Waals surface area (Å²) in [6, 6.07) is 8.63. The number of ether oxygens (including phenoxy) is 1. The van der Waals surface area contributed by atoms with Crippen molar-refractivity contribution in [2.24, 2.45) is 0 Å². The van der Waals surface area contributed by atoms with Crippen molar-refractivity contribution in [1.82, 2.24) is 5.32 Å². The molecule has 0 unspecified atom stereocenters. The maximum Gasteiger partial charge on any atom is 0.270 e. The van der Waals surface area contributed by atoms with Gasteiger partial charge in [0.2, 0.25) is 0 Å². The summed E-state index contributed by atoms with van der Waals surface area (Å²) in [5.74, 6) is -0.952. The van der Waals surface area contributed by atoms with Gasteiger partial charge in [-0.2, -0.15) is 0 Å². The molecule has 2 N–H and O–H groups in total. The van der Waals surface area contributed by atoms with Crippen molar-refractivity contribution in [2.45, 2.75) is 13.8 Å². The quantitative estimate of drug-likeness (QED) is 0.415. The van der Waals surface area contributed by atoms with Gasteiger partial charge in [0, 0.05) is 4.47 Å². The van der Waals surface area contributed by atoms with E-state index in [1.807, 2.05) is 32.0 Å². The maximum atomic E-state index is 13.2. The first-order valence-electron chi connectivity index (χ1n) is 8.28. The number of thiocarbonyl (C=S) groups is 1. The van der Waals surface area contributed by atoms with Gasteiger partial charge in [0.25, 0.3) is 11.8 Å². The van der Waals surface area contributed by atoms with Gasteiger partial charge in [-0.25, -0.2) is 0 Å². The van der Waals surface area contributed by atoms with Crippen LogP contribution in [0.2, 0.25) is 0 Å². The second-order valence-corrected chi connectivity index (χ2v) is 7.53. The van der Waals surface area contributed by atoms with Crippen LogP contribution >= 0.6 is 28.1 Å². The number of hydrogen-bond acceptors (Lipinski definition) is 5. The van der Waals surface area contributed by atoms with Crippen LogP contribution < -0.4 is 15.0 Å². The van der Waals surface area contributed by atoms with E-state index in [-0.39, 0.29) is 22.2 Å². The molecule has 1 aliphatic rings. The fourth-order valence-electron chi connectivity index (χ4n) is 2.82. The zero-order chi connectivity index (χ0) is 20.6. The molecule has 0 aliphatic carbocycles. The van der Waals surface area contributed by atoms with Gasteiger partial charge in [0.1, 0.15) is 5.57 Å². The number of phenols is 1. The number of benzene rings is 2. The predicted octanol–water partition coefficient (Wildman–Crippen LogP) is 3.61. The molecule has 1 fully saturated rings. The number of amides is 2. The Kier molecular flexibility index (Phi) is 5.53. The number of nitrogens with zero attached hydrogens (tertiary/aromatic N) is 1. The Morgan fingerprint density at radius 2 is 1.93 bits per heavy atom. The summed E-state index contributed by atoms with van der Waals surface area (Å²) >= 11 is 8.58. The number of phenolic OH excluding ortho intramolecular Hbond substituents is 1. The molecule has 0 atom stereocenters. The summed E-state index contributed by atoms with van der Waals surface area (Å²) < 4.78 is 5.61. The third-order valence-electron chi connectivity index (χ3n) is 4.31. The highest BCUT2D eigenvalue weighted by Crippen LogP contribution is 2.34. The molecule has 0 bridgehead atoms. The van der Waals surface area contributed by atoms with Crippen LogP contribution in [0, 0.1) is 13.8 Å². The first kappa shape index (κ1) is 20.0. The number of methoxy groups -OCH3 is 1. The number of aryl methyl sites for hydroxylation is 2. The molecule has 2 aromatic carbocycles. The largest absolute Gasteiger partial charge is 0.504 e. The minimum atomic E-state index is -0.588. The molecule has 1 aliphatic heterocycles. The molecule has 3 rings (SSSR count). The van der Waals surface area contributed by atoms with Gasteiger partial charge < -0.3 is 9.84 Å². The summed E-state index contributed by atoms with van der Waals surface area (Å²) in [6.45, 7) is 3.78. The fourth-order valence-corrected chi connectivity index (χ4v) is 3.54. The SMILES string of the molecule is COc1cc(/C=C2\C(=O)NC(=S)N(c3cc(C)ccc3C)C2=O)c(Br)cc1O. The van der Waals surface area contributed by atoms with Crippen molar-refractivity contribution in [3.8, 4) is 11.5 Å². The summed E-state index contributed by atoms with van der Waals surface area (Å²) in [6.07, 6.45) is 1.43. The molecule has 0 radical (unpaired) electrons. The van der Waals surface area contributed by atoms with Crippen molar-refractivity contribution in [3.05, 3.63) is 57.1 Å². The van der Waals surface area contributed by atoms with Gasteiger partial charge >= 0.3 is 0 Å². The molecule has 0 aromatic heterocycles. The van der Waals surface area contributed by atoms with E-state index < -0.39 is 11.8 Å². The minimum absolute atomic E-state index is 0.0307. The highest BCUT2D eigenvalue weighted by atomic mass is 79.9. The lowest BCUT2D eigenvalue weighted by molar-refractivity contribution is -0.122. The van der Waals surface area contributed by atoms with Crippen LogP contribution in [0.4, 0.5) is 5.69 Å². The number of nitrogens with one attached hydrogen (secondary N) is 1. The second kappa shape index (κ2) is 7.73. The minimum Gasteiger partial charge on any atom is -0.504 e. The average molecular weight is 461 g/mol. The van der Waals surface area contributed by atoms with Crippen LogP contribution in [0.3, 0.4) is 0 Å². The lowest BCUT2D eigenvalue weighted by Crippen LogP contribution is -2.54. The Balaban J connectivity index is 2.10. The van der Waals surface area contributed by atoms with E-state index in [1.54, 1.807) is 0 Å². The van der Waals surface area contributed by atoms with E-state index in [1.165, 1.54) is 30.2 Å². The molecule has 0 saturated carbocycles. The van der Waals surface area contributed by atoms with Gasteiger partial charge in [-0.05, 0) is 67.0 Å². The number of anilines is 1. The molecule has 1 saturated heterocycles. The molecule has 2 amide bonds. The number of hydrogen-bond donors (Lipinski definition) is 2. The predicted molar refractivity (Wildman–Crippen MR) is 114 cm³/mol. The highest BCUT2D eigenvalue weighted by molar-refractivity contribution is 9.10. The van der Waals surface area contributed by atoms with E-state index in [9.17, 15) is 14.7 Å². The molecule has 6 nitrogen and oxygen atoms in total. The summed E-state index contributed by atoms with van der Waals surface area (Å²) in [7, 11) is 1.42. The number of halogens is 1. The van der Waals surface area contributed by atoms with E-state index in [0.29, 0.717) is 15.7 Å². The summed E-state index contributed by atoms with van der Waals surface area (Å²) in [5.41, 5.74) is 2.85. The van der Waals surface area contributed by atoms with Crippen LogP contribution in [-0.2, 0) is 9.59 Å². The normalized spacial score (nSPS) is 15.8. The lowest BCUT2D eigenvalue weighted by Gasteiger charge is -2.30. The number of carbonyl (C=O) groups excluding carboxylic acids is 2. The maximum absolute atomic E-state index is 13.2. The molecule has 28 heavy (non-hydrogen) atoms. The van der Waals surface area contributed by atoms with E-state index in [4.69, 9.17) is 17.0 Å². The molecule has 2 aromatic rings. The summed E-state index contributed by atoms with van der Waals surface area (Å²) in [5, 5.41) is 12.5. The van der Waals surface area contributed by atoms with Crippen LogP contribution in [0.1, 0.15) is 16.7 Å². The zero-order valence-corrected chi connectivity index (χ0v) is 17.8. The van der Waals surface area contributed by atoms with Crippen molar-refractivity contribution in [1.29, 1.82) is 0 Å². The number of aromatic hydroxyl groups is 1. The van der Waals surface area contributed by atoms with Crippen LogP contribution in [0.5, 0.6) is 11.5 Å². The molecule has 8 heteroatoms. The molecule has 144 valence electrons. The Morgan fingerprint density at radius 1 is 1.21 bits per heavy atom. The van der Waals surface area contributed by atoms with Crippen LogP contribution in [0.25, 0.3) is 6.08 Å². The highest BCUT2D eigenvalue weighted by Gasteiger charge is 2.35. The third kappa shape index (κ3) is 3.65. The zero-order valence-electron chi connectivity index (χ0n) is 15.4. The molecular formula is C20H17BrN2O4S. The molecule has 0 spiro atoms. The Labute approximate surface area is 175 Å². The smallest absolute Gasteiger partial charge is 0.270 e. The first-order valence-corrected chi connectivity index (χ1v) is 9.48. The first-order chi connectivity index (χ1) is 13.2. The number of carbonyl (C=O) groups is 2. The van der Waals surface area contributed by atoms with Gasteiger partial charge in [-0.3, -0.25) is 19.8 Å². The van der Waals surface area contributed by atoms with Crippen LogP contribution in [0.15, 0.2) is 40.4 Å². The topological polar surface area (TPSA) is 78.9 Å². The Morgan fingerprint density at radius 3 is 2.61 bits per heavy atom. The van der Waals surface area contributed by atoms with E-state index in [0.717, 1.165) is 11.1 Å². The average Bonchev–Trinajstić information content (AvgIpc) is 2.63. The molecular weight excluding hydrogens is 444 g/mol. The van der Waals surface area contributed by atoms with Crippen molar-refractivity contribution in [2.75, 3.05) is 12.0 Å². The Hall–Kier alpha value is -2.71. The lowest BCUT2D eigenvalue weighted by atomic mass is 10.0. The van der Waals surface area contributed by atoms with Crippen molar-refractivity contribution < 1.29 is 19.4 Å². The van der Waals surface area contributed by atoms with Crippen molar-refractivity contribution in [3.63, 3.8) is 0 Å². The van der Waals surface area contributed by atoms with E-state index in [2.05, 4.69) is 21.2 Å². The third-order valence-corrected chi connectivity index (χ3v) is 5.28. The van der Waals surface area contributed by atoms with Crippen molar-refractivity contribution >= 4 is 56.8 Å².